The summed E-state index contributed by atoms with van der Waals surface area (Å²) in [6.07, 6.45) is 8.33. The average molecular weight is 271 g/mol. The van der Waals surface area contributed by atoms with E-state index in [1.807, 2.05) is 0 Å². The van der Waals surface area contributed by atoms with Crippen molar-refractivity contribution in [2.45, 2.75) is 58.0 Å². The lowest BCUT2D eigenvalue weighted by Crippen LogP contribution is -2.31. The number of nitrogens with zero attached hydrogens (tertiary/aromatic N) is 2. The monoisotopic (exact) mass is 271 g/mol. The van der Waals surface area contributed by atoms with E-state index in [0.717, 1.165) is 30.5 Å². The Labute approximate surface area is 121 Å². The first-order chi connectivity index (χ1) is 9.84. The average Bonchev–Trinajstić information content (AvgIpc) is 2.65. The molecule has 20 heavy (non-hydrogen) atoms. The van der Waals surface area contributed by atoms with E-state index >= 15 is 0 Å². The second kappa shape index (κ2) is 6.40. The highest BCUT2D eigenvalue weighted by Crippen LogP contribution is 2.18. The van der Waals surface area contributed by atoms with Gasteiger partial charge in [0, 0.05) is 19.1 Å². The summed E-state index contributed by atoms with van der Waals surface area (Å²) >= 11 is 0. The maximum absolute atomic E-state index is 4.63. The van der Waals surface area contributed by atoms with Crippen molar-refractivity contribution in [1.29, 1.82) is 0 Å². The van der Waals surface area contributed by atoms with Crippen molar-refractivity contribution >= 4 is 11.0 Å². The highest BCUT2D eigenvalue weighted by atomic mass is 15.1. The molecule has 0 spiro atoms. The van der Waals surface area contributed by atoms with Crippen LogP contribution in [-0.2, 0) is 6.54 Å². The first-order valence-corrected chi connectivity index (χ1v) is 8.00. The van der Waals surface area contributed by atoms with Gasteiger partial charge in [-0.15, -0.1) is 0 Å². The fourth-order valence-corrected chi connectivity index (χ4v) is 3.34. The van der Waals surface area contributed by atoms with Gasteiger partial charge in [-0.2, -0.15) is 0 Å². The molecule has 0 aliphatic heterocycles. The Hall–Kier alpha value is -1.35. The van der Waals surface area contributed by atoms with E-state index < -0.39 is 0 Å². The van der Waals surface area contributed by atoms with Crippen LogP contribution in [0.4, 0.5) is 0 Å². The SMILES string of the molecule is Cc1nc2ccccc2n1CCNC1CCCCCC1. The normalized spacial score (nSPS) is 17.4. The van der Waals surface area contributed by atoms with E-state index in [4.69, 9.17) is 0 Å². The van der Waals surface area contributed by atoms with Crippen LogP contribution < -0.4 is 5.32 Å². The number of imidazole rings is 1. The zero-order valence-corrected chi connectivity index (χ0v) is 12.4. The molecule has 3 heteroatoms. The van der Waals surface area contributed by atoms with E-state index in [9.17, 15) is 0 Å². The lowest BCUT2D eigenvalue weighted by molar-refractivity contribution is 0.445. The van der Waals surface area contributed by atoms with Crippen LogP contribution in [0.2, 0.25) is 0 Å². The van der Waals surface area contributed by atoms with Crippen molar-refractivity contribution in [1.82, 2.24) is 14.9 Å². The molecule has 1 saturated carbocycles. The van der Waals surface area contributed by atoms with Gasteiger partial charge in [-0.3, -0.25) is 0 Å². The van der Waals surface area contributed by atoms with Crippen molar-refractivity contribution in [2.75, 3.05) is 6.54 Å². The number of aryl methyl sites for hydroxylation is 1. The Bertz CT molecular complexity index is 550. The molecule has 0 saturated heterocycles. The molecular weight excluding hydrogens is 246 g/mol. The first kappa shape index (κ1) is 13.6. The second-order valence-electron chi connectivity index (χ2n) is 5.94. The van der Waals surface area contributed by atoms with Crippen LogP contribution in [-0.4, -0.2) is 22.1 Å². The summed E-state index contributed by atoms with van der Waals surface area (Å²) in [6.45, 7) is 4.17. The van der Waals surface area contributed by atoms with E-state index in [-0.39, 0.29) is 0 Å². The topological polar surface area (TPSA) is 29.9 Å². The number of nitrogens with one attached hydrogen (secondary N) is 1. The lowest BCUT2D eigenvalue weighted by Gasteiger charge is -2.17. The van der Waals surface area contributed by atoms with Gasteiger partial charge in [-0.25, -0.2) is 4.98 Å². The zero-order chi connectivity index (χ0) is 13.8. The maximum Gasteiger partial charge on any atom is 0.106 e. The third-order valence-corrected chi connectivity index (χ3v) is 4.47. The Kier molecular flexibility index (Phi) is 4.36. The molecule has 3 nitrogen and oxygen atoms in total. The van der Waals surface area contributed by atoms with Crippen molar-refractivity contribution in [3.63, 3.8) is 0 Å². The highest BCUT2D eigenvalue weighted by molar-refractivity contribution is 5.75. The van der Waals surface area contributed by atoms with Crippen LogP contribution in [0.1, 0.15) is 44.3 Å². The minimum Gasteiger partial charge on any atom is -0.327 e. The molecule has 0 radical (unpaired) electrons. The van der Waals surface area contributed by atoms with Gasteiger partial charge in [-0.05, 0) is 31.9 Å². The Balaban J connectivity index is 1.60. The van der Waals surface area contributed by atoms with Gasteiger partial charge < -0.3 is 9.88 Å². The molecule has 0 unspecified atom stereocenters. The van der Waals surface area contributed by atoms with Gasteiger partial charge in [0.1, 0.15) is 5.82 Å². The van der Waals surface area contributed by atoms with E-state index in [2.05, 4.69) is 46.1 Å². The predicted molar refractivity (Wildman–Crippen MR) is 84.0 cm³/mol. The Morgan fingerprint density at radius 3 is 2.70 bits per heavy atom. The Morgan fingerprint density at radius 1 is 1.15 bits per heavy atom. The number of para-hydroxylation sites is 2. The quantitative estimate of drug-likeness (QED) is 0.860. The number of hydrogen-bond acceptors (Lipinski definition) is 2. The molecule has 3 rings (SSSR count). The largest absolute Gasteiger partial charge is 0.327 e. The molecule has 1 aliphatic rings. The molecule has 1 aliphatic carbocycles. The van der Waals surface area contributed by atoms with Crippen LogP contribution in [0, 0.1) is 6.92 Å². The third-order valence-electron chi connectivity index (χ3n) is 4.47. The summed E-state index contributed by atoms with van der Waals surface area (Å²) in [5, 5.41) is 3.74. The van der Waals surface area contributed by atoms with E-state index in [0.29, 0.717) is 0 Å². The summed E-state index contributed by atoms with van der Waals surface area (Å²) in [5.41, 5.74) is 2.37. The molecule has 0 bridgehead atoms. The molecule has 108 valence electrons. The number of aromatic nitrogens is 2. The van der Waals surface area contributed by atoms with E-state index in [1.54, 1.807) is 0 Å². The smallest absolute Gasteiger partial charge is 0.106 e. The molecule has 1 aromatic heterocycles. The number of rotatable bonds is 4. The fraction of sp³-hybridized carbons (Fsp3) is 0.588. The second-order valence-corrected chi connectivity index (χ2v) is 5.94. The van der Waals surface area contributed by atoms with E-state index in [1.165, 1.54) is 44.0 Å². The van der Waals surface area contributed by atoms with Crippen molar-refractivity contribution in [3.8, 4) is 0 Å². The van der Waals surface area contributed by atoms with Gasteiger partial charge >= 0.3 is 0 Å². The summed E-state index contributed by atoms with van der Waals surface area (Å²) in [6, 6.07) is 9.15. The Morgan fingerprint density at radius 2 is 1.90 bits per heavy atom. The first-order valence-electron chi connectivity index (χ1n) is 8.00. The van der Waals surface area contributed by atoms with Crippen LogP contribution in [0.5, 0.6) is 0 Å². The van der Waals surface area contributed by atoms with Gasteiger partial charge in [0.15, 0.2) is 0 Å². The highest BCUT2D eigenvalue weighted by Gasteiger charge is 2.12. The molecular formula is C17H25N3. The summed E-state index contributed by atoms with van der Waals surface area (Å²) < 4.78 is 2.33. The molecule has 1 heterocycles. The summed E-state index contributed by atoms with van der Waals surface area (Å²) in [5.74, 6) is 1.12. The van der Waals surface area contributed by atoms with Gasteiger partial charge in [0.2, 0.25) is 0 Å². The van der Waals surface area contributed by atoms with Gasteiger partial charge in [0.25, 0.3) is 0 Å². The third kappa shape index (κ3) is 3.04. The van der Waals surface area contributed by atoms with Crippen molar-refractivity contribution < 1.29 is 0 Å². The van der Waals surface area contributed by atoms with Crippen molar-refractivity contribution in [3.05, 3.63) is 30.1 Å². The van der Waals surface area contributed by atoms with Crippen LogP contribution in [0.3, 0.4) is 0 Å². The molecule has 0 amide bonds. The van der Waals surface area contributed by atoms with Crippen LogP contribution in [0.15, 0.2) is 24.3 Å². The van der Waals surface area contributed by atoms with Crippen molar-refractivity contribution in [2.24, 2.45) is 0 Å². The minimum atomic E-state index is 0.729. The zero-order valence-electron chi connectivity index (χ0n) is 12.4. The number of hydrogen-bond donors (Lipinski definition) is 1. The van der Waals surface area contributed by atoms with Crippen LogP contribution in [0.25, 0.3) is 11.0 Å². The predicted octanol–water partition coefficient (Wildman–Crippen LogP) is 3.66. The molecule has 0 atom stereocenters. The maximum atomic E-state index is 4.63. The van der Waals surface area contributed by atoms with Gasteiger partial charge in [-0.1, -0.05) is 37.8 Å². The molecule has 2 aromatic rings. The summed E-state index contributed by atoms with van der Waals surface area (Å²) in [4.78, 5) is 4.63. The number of fused-ring (bicyclic) bond motifs is 1. The molecule has 1 N–H and O–H groups in total. The lowest BCUT2D eigenvalue weighted by atomic mass is 10.1. The molecule has 1 aromatic carbocycles. The fourth-order valence-electron chi connectivity index (χ4n) is 3.34. The van der Waals surface area contributed by atoms with Gasteiger partial charge in [0.05, 0.1) is 11.0 Å². The standard InChI is InChI=1S/C17H25N3/c1-14-19-16-10-6-7-11-17(16)20(14)13-12-18-15-8-4-2-3-5-9-15/h6-7,10-11,15,18H,2-5,8-9,12-13H2,1H3. The number of benzene rings is 1. The minimum absolute atomic E-state index is 0.729. The summed E-state index contributed by atoms with van der Waals surface area (Å²) in [7, 11) is 0. The van der Waals surface area contributed by atoms with Crippen LogP contribution >= 0.6 is 0 Å². The molecule has 1 fully saturated rings.